The van der Waals surface area contributed by atoms with Gasteiger partial charge in [0.1, 0.15) is 5.75 Å². The molecule has 2 aliphatic heterocycles. The van der Waals surface area contributed by atoms with Gasteiger partial charge in [-0.1, -0.05) is 19.9 Å². The van der Waals surface area contributed by atoms with E-state index in [1.165, 1.54) is 0 Å². The van der Waals surface area contributed by atoms with Gasteiger partial charge in [-0.3, -0.25) is 9.69 Å². The lowest BCUT2D eigenvalue weighted by atomic mass is 10.0. The second-order valence-electron chi connectivity index (χ2n) is 7.00. The maximum atomic E-state index is 12.8. The maximum Gasteiger partial charge on any atom is 0.241 e. The van der Waals surface area contributed by atoms with E-state index in [1.807, 2.05) is 23.1 Å². The van der Waals surface area contributed by atoms with Gasteiger partial charge in [0.2, 0.25) is 5.91 Å². The Morgan fingerprint density at radius 2 is 1.96 bits per heavy atom. The largest absolute Gasteiger partial charge is 0.497 e. The number of sulfone groups is 1. The van der Waals surface area contributed by atoms with Gasteiger partial charge < -0.3 is 9.64 Å². The Morgan fingerprint density at radius 3 is 2.62 bits per heavy atom. The van der Waals surface area contributed by atoms with Gasteiger partial charge in [-0.15, -0.1) is 0 Å². The highest BCUT2D eigenvalue weighted by molar-refractivity contribution is 7.91. The summed E-state index contributed by atoms with van der Waals surface area (Å²) in [5.41, 5.74) is 0.704. The van der Waals surface area contributed by atoms with Crippen molar-refractivity contribution in [2.24, 2.45) is 5.92 Å². The van der Waals surface area contributed by atoms with Crippen molar-refractivity contribution in [2.45, 2.75) is 25.9 Å². The quantitative estimate of drug-likeness (QED) is 0.814. The van der Waals surface area contributed by atoms with Crippen LogP contribution in [0.3, 0.4) is 0 Å². The van der Waals surface area contributed by atoms with E-state index < -0.39 is 9.84 Å². The number of ether oxygens (including phenoxy) is 1. The van der Waals surface area contributed by atoms with Gasteiger partial charge >= 0.3 is 0 Å². The minimum atomic E-state index is -3.14. The monoisotopic (exact) mass is 352 g/mol. The molecule has 0 bridgehead atoms. The zero-order chi connectivity index (χ0) is 17.5. The molecule has 2 saturated heterocycles. The van der Waals surface area contributed by atoms with E-state index >= 15 is 0 Å². The fraction of sp³-hybridized carbons (Fsp3) is 0.588. The lowest BCUT2D eigenvalue weighted by Gasteiger charge is -2.44. The first-order valence-electron chi connectivity index (χ1n) is 8.21. The van der Waals surface area contributed by atoms with E-state index in [1.54, 1.807) is 18.1 Å². The molecule has 0 saturated carbocycles. The molecule has 0 N–H and O–H groups in total. The molecule has 6 nitrogen and oxygen atoms in total. The third kappa shape index (κ3) is 3.28. The van der Waals surface area contributed by atoms with E-state index in [4.69, 9.17) is 4.74 Å². The van der Waals surface area contributed by atoms with Gasteiger partial charge in [0.05, 0.1) is 31.2 Å². The zero-order valence-corrected chi connectivity index (χ0v) is 15.1. The molecular formula is C17H24N2O4S. The Labute approximate surface area is 143 Å². The summed E-state index contributed by atoms with van der Waals surface area (Å²) in [5.74, 6) is 1.13. The molecule has 2 heterocycles. The molecule has 0 spiro atoms. The van der Waals surface area contributed by atoms with Crippen molar-refractivity contribution < 1.29 is 17.9 Å². The lowest BCUT2D eigenvalue weighted by Crippen LogP contribution is -2.62. The van der Waals surface area contributed by atoms with Gasteiger partial charge in [-0.25, -0.2) is 8.42 Å². The van der Waals surface area contributed by atoms with E-state index in [9.17, 15) is 13.2 Å². The highest BCUT2D eigenvalue weighted by Gasteiger charge is 2.49. The highest BCUT2D eigenvalue weighted by atomic mass is 32.2. The summed E-state index contributed by atoms with van der Waals surface area (Å²) in [6.45, 7) is 5.15. The number of methoxy groups -OCH3 is 1. The zero-order valence-electron chi connectivity index (χ0n) is 14.3. The normalized spacial score (nSPS) is 26.7. The Bertz CT molecular complexity index is 732. The third-order valence-corrected chi connectivity index (χ3v) is 6.33. The third-order valence-electron chi connectivity index (χ3n) is 4.63. The molecule has 1 aromatic rings. The molecule has 1 amide bonds. The summed E-state index contributed by atoms with van der Waals surface area (Å²) in [7, 11) is -1.57. The van der Waals surface area contributed by atoms with Gasteiger partial charge in [0.15, 0.2) is 9.84 Å². The molecule has 0 unspecified atom stereocenters. The fourth-order valence-electron chi connectivity index (χ4n) is 3.72. The summed E-state index contributed by atoms with van der Waals surface area (Å²) < 4.78 is 29.7. The standard InChI is InChI=1S/C17H24N2O4S/c1-12(2)8-18-9-17(20)19(13-5-4-6-14(7-13)23-3)16-11-24(21,22)10-15(16)18/h4-7,12,15-16H,8-11H2,1-3H3/t15-,16-/m0/s1. The minimum absolute atomic E-state index is 0.0230. The minimum Gasteiger partial charge on any atom is -0.497 e. The molecule has 2 fully saturated rings. The Balaban J connectivity index is 1.97. The Hall–Kier alpha value is -1.60. The predicted molar refractivity (Wildman–Crippen MR) is 93.1 cm³/mol. The number of rotatable bonds is 4. The summed E-state index contributed by atoms with van der Waals surface area (Å²) >= 11 is 0. The second-order valence-corrected chi connectivity index (χ2v) is 9.15. The van der Waals surface area contributed by atoms with Crippen molar-refractivity contribution in [3.63, 3.8) is 0 Å². The number of carbonyl (C=O) groups excluding carboxylic acids is 1. The van der Waals surface area contributed by atoms with Crippen LogP contribution in [0.25, 0.3) is 0 Å². The summed E-state index contributed by atoms with van der Waals surface area (Å²) in [5, 5.41) is 0. The van der Waals surface area contributed by atoms with Crippen molar-refractivity contribution in [3.8, 4) is 5.75 Å². The van der Waals surface area contributed by atoms with Crippen molar-refractivity contribution in [3.05, 3.63) is 24.3 Å². The smallest absolute Gasteiger partial charge is 0.241 e. The van der Waals surface area contributed by atoms with Gasteiger partial charge in [0, 0.05) is 24.3 Å². The summed E-state index contributed by atoms with van der Waals surface area (Å²) in [4.78, 5) is 16.5. The SMILES string of the molecule is COc1cccc(N2C(=O)CN(CC(C)C)[C@H]3CS(=O)(=O)C[C@@H]32)c1. The van der Waals surface area contributed by atoms with E-state index in [2.05, 4.69) is 13.8 Å². The first-order valence-corrected chi connectivity index (χ1v) is 10.0. The number of benzene rings is 1. The summed E-state index contributed by atoms with van der Waals surface area (Å²) in [6.07, 6.45) is 0. The molecule has 3 rings (SSSR count). The summed E-state index contributed by atoms with van der Waals surface area (Å²) in [6, 6.07) is 6.79. The van der Waals surface area contributed by atoms with E-state index in [0.29, 0.717) is 17.4 Å². The van der Waals surface area contributed by atoms with E-state index in [-0.39, 0.29) is 36.0 Å². The topological polar surface area (TPSA) is 66.9 Å². The van der Waals surface area contributed by atoms with Gasteiger partial charge in [0.25, 0.3) is 0 Å². The number of nitrogens with zero attached hydrogens (tertiary/aromatic N) is 2. The van der Waals surface area contributed by atoms with Crippen LogP contribution in [0.5, 0.6) is 5.75 Å². The van der Waals surface area contributed by atoms with Crippen LogP contribution in [-0.4, -0.2) is 63.0 Å². The molecule has 0 radical (unpaired) electrons. The van der Waals surface area contributed by atoms with E-state index in [0.717, 1.165) is 6.54 Å². The number of amides is 1. The van der Waals surface area contributed by atoms with Crippen LogP contribution in [0.15, 0.2) is 24.3 Å². The highest BCUT2D eigenvalue weighted by Crippen LogP contribution is 2.33. The number of hydrogen-bond acceptors (Lipinski definition) is 5. The second kappa shape index (κ2) is 6.37. The number of carbonyl (C=O) groups is 1. The Kier molecular flexibility index (Phi) is 4.57. The van der Waals surface area contributed by atoms with Crippen LogP contribution in [-0.2, 0) is 14.6 Å². The molecule has 0 aliphatic carbocycles. The lowest BCUT2D eigenvalue weighted by molar-refractivity contribution is -0.123. The van der Waals surface area contributed by atoms with Crippen LogP contribution in [0, 0.1) is 5.92 Å². The van der Waals surface area contributed by atoms with Crippen molar-refractivity contribution in [1.82, 2.24) is 4.90 Å². The molecular weight excluding hydrogens is 328 g/mol. The first kappa shape index (κ1) is 17.2. The van der Waals surface area contributed by atoms with Crippen LogP contribution in [0.2, 0.25) is 0 Å². The van der Waals surface area contributed by atoms with Crippen LogP contribution >= 0.6 is 0 Å². The van der Waals surface area contributed by atoms with Gasteiger partial charge in [-0.2, -0.15) is 0 Å². The van der Waals surface area contributed by atoms with Crippen molar-refractivity contribution in [2.75, 3.05) is 36.6 Å². The number of fused-ring (bicyclic) bond motifs is 1. The molecule has 7 heteroatoms. The molecule has 2 aliphatic rings. The molecule has 0 aromatic heterocycles. The first-order chi connectivity index (χ1) is 11.3. The predicted octanol–water partition coefficient (Wildman–Crippen LogP) is 1.17. The fourth-order valence-corrected chi connectivity index (χ4v) is 5.70. The van der Waals surface area contributed by atoms with Crippen LogP contribution < -0.4 is 9.64 Å². The van der Waals surface area contributed by atoms with Crippen LogP contribution in [0.1, 0.15) is 13.8 Å². The molecule has 24 heavy (non-hydrogen) atoms. The number of piperazine rings is 1. The average molecular weight is 352 g/mol. The maximum absolute atomic E-state index is 12.8. The molecule has 132 valence electrons. The van der Waals surface area contributed by atoms with Crippen LogP contribution in [0.4, 0.5) is 5.69 Å². The average Bonchev–Trinajstić information content (AvgIpc) is 2.82. The number of hydrogen-bond donors (Lipinski definition) is 0. The molecule has 1 aromatic carbocycles. The van der Waals surface area contributed by atoms with Crippen molar-refractivity contribution in [1.29, 1.82) is 0 Å². The molecule has 2 atom stereocenters. The van der Waals surface area contributed by atoms with Crippen molar-refractivity contribution >= 4 is 21.4 Å². The number of anilines is 1. The Morgan fingerprint density at radius 1 is 1.25 bits per heavy atom. The van der Waals surface area contributed by atoms with Gasteiger partial charge in [-0.05, 0) is 18.1 Å².